The number of amides is 2. The summed E-state index contributed by atoms with van der Waals surface area (Å²) < 4.78 is 54.4. The number of carbonyl (C=O) groups is 2. The van der Waals surface area contributed by atoms with E-state index in [9.17, 15) is 22.4 Å². The molecule has 1 fully saturated rings. The maximum absolute atomic E-state index is 14.3. The average molecular weight is 693 g/mol. The second kappa shape index (κ2) is 14.9. The number of ether oxygens (including phenoxy) is 2. The van der Waals surface area contributed by atoms with Gasteiger partial charge in [-0.2, -0.15) is 0 Å². The van der Waals surface area contributed by atoms with Gasteiger partial charge in [0.2, 0.25) is 11.8 Å². The van der Waals surface area contributed by atoms with E-state index >= 15 is 0 Å². The van der Waals surface area contributed by atoms with Gasteiger partial charge in [-0.25, -0.2) is 12.8 Å². The van der Waals surface area contributed by atoms with Crippen LogP contribution in [-0.4, -0.2) is 57.0 Å². The molecular weight excluding hydrogens is 656 g/mol. The Balaban J connectivity index is 1.51. The standard InChI is InChI=1S/C33H36Cl2FN3O6S/c1-2-29(33(41)37-25-6-4-3-5-7-25)38(20-22-8-9-23(34)18-28(22)35)32(40)21-39(26-12-10-24(36)11-13-26)46(42,43)27-14-15-30-31(19-27)45-17-16-44-30/h8-15,18-19,25,29H,2-7,16-17,20-21H2,1H3,(H,37,41)/t29-/m0/s1. The molecule has 0 bridgehead atoms. The van der Waals surface area contributed by atoms with E-state index in [4.69, 9.17) is 32.7 Å². The van der Waals surface area contributed by atoms with Crippen molar-refractivity contribution in [2.75, 3.05) is 24.1 Å². The fourth-order valence-electron chi connectivity index (χ4n) is 5.74. The Labute approximate surface area is 278 Å². The number of sulfonamides is 1. The summed E-state index contributed by atoms with van der Waals surface area (Å²) in [4.78, 5) is 29.2. The summed E-state index contributed by atoms with van der Waals surface area (Å²) in [5, 5.41) is 3.81. The molecule has 2 aliphatic rings. The summed E-state index contributed by atoms with van der Waals surface area (Å²) in [5.41, 5.74) is 0.597. The lowest BCUT2D eigenvalue weighted by Gasteiger charge is -2.34. The van der Waals surface area contributed by atoms with Crippen molar-refractivity contribution in [1.29, 1.82) is 0 Å². The van der Waals surface area contributed by atoms with E-state index in [1.165, 1.54) is 35.2 Å². The number of halogens is 3. The maximum Gasteiger partial charge on any atom is 0.264 e. The third-order valence-electron chi connectivity index (χ3n) is 8.19. The highest BCUT2D eigenvalue weighted by molar-refractivity contribution is 7.92. The summed E-state index contributed by atoms with van der Waals surface area (Å²) in [6.07, 6.45) is 5.10. The molecule has 0 unspecified atom stereocenters. The van der Waals surface area contributed by atoms with E-state index < -0.39 is 34.3 Å². The number of rotatable bonds is 11. The number of fused-ring (bicyclic) bond motifs is 1. The van der Waals surface area contributed by atoms with Gasteiger partial charge < -0.3 is 19.7 Å². The van der Waals surface area contributed by atoms with Crippen molar-refractivity contribution in [3.8, 4) is 11.5 Å². The lowest BCUT2D eigenvalue weighted by atomic mass is 9.95. The molecule has 5 rings (SSSR count). The summed E-state index contributed by atoms with van der Waals surface area (Å²) >= 11 is 12.6. The van der Waals surface area contributed by atoms with Crippen LogP contribution >= 0.6 is 23.2 Å². The Morgan fingerprint density at radius 2 is 1.65 bits per heavy atom. The molecule has 1 atom stereocenters. The number of benzene rings is 3. The van der Waals surface area contributed by atoms with Crippen molar-refractivity contribution in [2.45, 2.75) is 69.0 Å². The molecule has 46 heavy (non-hydrogen) atoms. The van der Waals surface area contributed by atoms with Gasteiger partial charge in [-0.3, -0.25) is 13.9 Å². The first kappa shape index (κ1) is 33.8. The molecular formula is C33H36Cl2FN3O6S. The van der Waals surface area contributed by atoms with Crippen molar-refractivity contribution in [3.63, 3.8) is 0 Å². The fourth-order valence-corrected chi connectivity index (χ4v) is 7.64. The first-order valence-corrected chi connectivity index (χ1v) is 17.5. The van der Waals surface area contributed by atoms with E-state index in [-0.39, 0.29) is 47.9 Å². The molecule has 1 saturated carbocycles. The molecule has 2 amide bonds. The van der Waals surface area contributed by atoms with Crippen LogP contribution in [0.4, 0.5) is 10.1 Å². The van der Waals surface area contributed by atoms with Crippen LogP contribution in [-0.2, 0) is 26.2 Å². The molecule has 1 N–H and O–H groups in total. The third kappa shape index (κ3) is 7.87. The summed E-state index contributed by atoms with van der Waals surface area (Å²) in [5.74, 6) is -0.897. The highest BCUT2D eigenvalue weighted by atomic mass is 35.5. The van der Waals surface area contributed by atoms with Crippen molar-refractivity contribution in [2.24, 2.45) is 0 Å². The Kier molecular flexibility index (Phi) is 11.0. The van der Waals surface area contributed by atoms with E-state index in [1.807, 2.05) is 0 Å². The van der Waals surface area contributed by atoms with Gasteiger partial charge >= 0.3 is 0 Å². The Hall–Kier alpha value is -3.54. The zero-order chi connectivity index (χ0) is 32.8. The molecule has 246 valence electrons. The smallest absolute Gasteiger partial charge is 0.264 e. The topological polar surface area (TPSA) is 105 Å². The van der Waals surface area contributed by atoms with Crippen LogP contribution in [0.5, 0.6) is 11.5 Å². The van der Waals surface area contributed by atoms with Crippen molar-refractivity contribution in [1.82, 2.24) is 10.2 Å². The van der Waals surface area contributed by atoms with Gasteiger partial charge in [0.05, 0.1) is 10.6 Å². The van der Waals surface area contributed by atoms with Crippen LogP contribution < -0.4 is 19.1 Å². The van der Waals surface area contributed by atoms with Gasteiger partial charge in [-0.05, 0) is 73.4 Å². The van der Waals surface area contributed by atoms with Gasteiger partial charge in [-0.1, -0.05) is 55.5 Å². The molecule has 1 heterocycles. The molecule has 0 radical (unpaired) electrons. The van der Waals surface area contributed by atoms with Crippen LogP contribution in [0.1, 0.15) is 51.0 Å². The second-order valence-corrected chi connectivity index (χ2v) is 14.0. The minimum atomic E-state index is -4.41. The molecule has 1 aliphatic carbocycles. The van der Waals surface area contributed by atoms with Crippen molar-refractivity contribution in [3.05, 3.63) is 82.1 Å². The number of carbonyl (C=O) groups excluding carboxylic acids is 2. The van der Waals surface area contributed by atoms with Crippen LogP contribution in [0.2, 0.25) is 10.0 Å². The first-order chi connectivity index (χ1) is 22.1. The van der Waals surface area contributed by atoms with Crippen molar-refractivity contribution < 1.29 is 31.9 Å². The quantitative estimate of drug-likeness (QED) is 0.251. The molecule has 0 saturated heterocycles. The molecule has 0 spiro atoms. The maximum atomic E-state index is 14.3. The minimum Gasteiger partial charge on any atom is -0.486 e. The predicted octanol–water partition coefficient (Wildman–Crippen LogP) is 6.36. The number of nitrogens with zero attached hydrogens (tertiary/aromatic N) is 2. The predicted molar refractivity (Wildman–Crippen MR) is 174 cm³/mol. The van der Waals surface area contributed by atoms with Gasteiger partial charge in [0.1, 0.15) is 31.6 Å². The van der Waals surface area contributed by atoms with Crippen LogP contribution in [0.3, 0.4) is 0 Å². The summed E-state index contributed by atoms with van der Waals surface area (Å²) in [6, 6.07) is 12.9. The SMILES string of the molecule is CC[C@@H](C(=O)NC1CCCCC1)N(Cc1ccc(Cl)cc1Cl)C(=O)CN(c1ccc(F)cc1)S(=O)(=O)c1ccc2c(c1)OCCO2. The Morgan fingerprint density at radius 1 is 0.957 bits per heavy atom. The van der Waals surface area contributed by atoms with Gasteiger partial charge in [0.25, 0.3) is 10.0 Å². The number of anilines is 1. The molecule has 0 aromatic heterocycles. The van der Waals surface area contributed by atoms with Crippen LogP contribution in [0, 0.1) is 5.82 Å². The van der Waals surface area contributed by atoms with E-state index in [2.05, 4.69) is 5.32 Å². The zero-order valence-corrected chi connectivity index (χ0v) is 27.7. The number of nitrogens with one attached hydrogen (secondary N) is 1. The first-order valence-electron chi connectivity index (χ1n) is 15.3. The van der Waals surface area contributed by atoms with Gasteiger partial charge in [0, 0.05) is 28.7 Å². The monoisotopic (exact) mass is 691 g/mol. The number of hydrogen-bond donors (Lipinski definition) is 1. The largest absolute Gasteiger partial charge is 0.486 e. The molecule has 13 heteroatoms. The molecule has 3 aromatic carbocycles. The highest BCUT2D eigenvalue weighted by Gasteiger charge is 2.35. The van der Waals surface area contributed by atoms with Crippen LogP contribution in [0.15, 0.2) is 65.6 Å². The van der Waals surface area contributed by atoms with Crippen molar-refractivity contribution >= 4 is 50.7 Å². The number of hydrogen-bond acceptors (Lipinski definition) is 6. The fraction of sp³-hybridized carbons (Fsp3) is 0.394. The van der Waals surface area contributed by atoms with E-state index in [0.717, 1.165) is 48.5 Å². The van der Waals surface area contributed by atoms with Crippen LogP contribution in [0.25, 0.3) is 0 Å². The molecule has 1 aliphatic heterocycles. The lowest BCUT2D eigenvalue weighted by molar-refractivity contribution is -0.140. The summed E-state index contributed by atoms with van der Waals surface area (Å²) in [6.45, 7) is 1.61. The highest BCUT2D eigenvalue weighted by Crippen LogP contribution is 2.34. The van der Waals surface area contributed by atoms with Gasteiger partial charge in [0.15, 0.2) is 11.5 Å². The normalized spacial score (nSPS) is 15.6. The van der Waals surface area contributed by atoms with E-state index in [1.54, 1.807) is 25.1 Å². The Morgan fingerprint density at radius 3 is 2.33 bits per heavy atom. The zero-order valence-electron chi connectivity index (χ0n) is 25.4. The summed E-state index contributed by atoms with van der Waals surface area (Å²) in [7, 11) is -4.41. The Bertz CT molecular complexity index is 1670. The molecule has 9 nitrogen and oxygen atoms in total. The molecule has 3 aromatic rings. The second-order valence-electron chi connectivity index (χ2n) is 11.3. The third-order valence-corrected chi connectivity index (χ3v) is 10.5. The lowest BCUT2D eigenvalue weighted by Crippen LogP contribution is -2.54. The van der Waals surface area contributed by atoms with E-state index in [0.29, 0.717) is 28.0 Å². The average Bonchev–Trinajstić information content (AvgIpc) is 3.05. The van der Waals surface area contributed by atoms with Gasteiger partial charge in [-0.15, -0.1) is 0 Å². The minimum absolute atomic E-state index is 0.00216.